The first kappa shape index (κ1) is 21.7. The van der Waals surface area contributed by atoms with Crippen molar-refractivity contribution in [2.45, 2.75) is 0 Å². The summed E-state index contributed by atoms with van der Waals surface area (Å²) in [5.41, 5.74) is -0.354. The number of aromatic carboxylic acids is 2. The molecule has 29 heavy (non-hydrogen) atoms. The van der Waals surface area contributed by atoms with E-state index >= 15 is 0 Å². The van der Waals surface area contributed by atoms with Crippen molar-refractivity contribution in [3.8, 4) is 11.5 Å². The van der Waals surface area contributed by atoms with E-state index in [4.69, 9.17) is 0 Å². The molecule has 0 fully saturated rings. The number of hydrogen-bond acceptors (Lipinski definition) is 6. The number of carboxylic acid groups (broad SMARTS) is 2. The second-order valence-corrected chi connectivity index (χ2v) is 6.01. The van der Waals surface area contributed by atoms with Crippen molar-refractivity contribution >= 4 is 33.5 Å². The first-order valence-corrected chi connectivity index (χ1v) is 8.23. The summed E-state index contributed by atoms with van der Waals surface area (Å²) in [6, 6.07) is 20.0. The molecule has 4 aromatic carbocycles. The number of fused-ring (bicyclic) bond motifs is 2. The normalized spacial score (nSPS) is 9.93. The zero-order valence-electron chi connectivity index (χ0n) is 14.8. The molecule has 0 aliphatic rings. The predicted octanol–water partition coefficient (Wildman–Crippen LogP) is 1.82. The molecular formula is C22H14CoO6. The fourth-order valence-electron chi connectivity index (χ4n) is 2.78. The smallest absolute Gasteiger partial charge is 0.545 e. The Bertz CT molecular complexity index is 1110. The minimum Gasteiger partial charge on any atom is -0.545 e. The molecule has 147 valence electrons. The molecule has 0 aromatic heterocycles. The second kappa shape index (κ2) is 9.09. The summed E-state index contributed by atoms with van der Waals surface area (Å²) in [6.07, 6.45) is 0. The van der Waals surface area contributed by atoms with Gasteiger partial charge in [0, 0.05) is 11.1 Å². The topological polar surface area (TPSA) is 121 Å². The van der Waals surface area contributed by atoms with Gasteiger partial charge in [0.05, 0.1) is 11.9 Å². The van der Waals surface area contributed by atoms with Gasteiger partial charge in [0.2, 0.25) is 0 Å². The molecule has 0 bridgehead atoms. The van der Waals surface area contributed by atoms with E-state index in [0.717, 1.165) is 21.5 Å². The average molecular weight is 433 g/mol. The number of phenols is 2. The third kappa shape index (κ3) is 4.84. The predicted molar refractivity (Wildman–Crippen MR) is 99.9 cm³/mol. The first-order chi connectivity index (χ1) is 13.4. The molecule has 2 N–H and O–H groups in total. The molecular weight excluding hydrogens is 419 g/mol. The van der Waals surface area contributed by atoms with Gasteiger partial charge in [-0.05, 0) is 45.8 Å². The van der Waals surface area contributed by atoms with Gasteiger partial charge in [-0.15, -0.1) is 0 Å². The molecule has 7 heteroatoms. The van der Waals surface area contributed by atoms with Crippen LogP contribution in [0, 0.1) is 0 Å². The Hall–Kier alpha value is -3.55. The first-order valence-electron chi connectivity index (χ1n) is 8.23. The van der Waals surface area contributed by atoms with Crippen LogP contribution in [0.3, 0.4) is 0 Å². The summed E-state index contributed by atoms with van der Waals surface area (Å²) in [5, 5.41) is 43.0. The SMILES string of the molecule is O=C([O-])c1cc2ccccc2cc1O.O=C([O-])c1cc2ccccc2cc1O.[Co+2]. The third-order valence-corrected chi connectivity index (χ3v) is 4.17. The van der Waals surface area contributed by atoms with Crippen LogP contribution in [0.5, 0.6) is 11.5 Å². The second-order valence-electron chi connectivity index (χ2n) is 6.01. The van der Waals surface area contributed by atoms with Gasteiger partial charge in [-0.2, -0.15) is 0 Å². The van der Waals surface area contributed by atoms with Gasteiger partial charge in [0.1, 0.15) is 11.5 Å². The largest absolute Gasteiger partial charge is 2.00 e. The third-order valence-electron chi connectivity index (χ3n) is 4.17. The zero-order chi connectivity index (χ0) is 20.3. The zero-order valence-corrected chi connectivity index (χ0v) is 15.8. The molecule has 0 amide bonds. The van der Waals surface area contributed by atoms with Crippen LogP contribution >= 0.6 is 0 Å². The molecule has 0 saturated carbocycles. The molecule has 0 spiro atoms. The number of carboxylic acids is 2. The van der Waals surface area contributed by atoms with Crippen molar-refractivity contribution in [3.63, 3.8) is 0 Å². The van der Waals surface area contributed by atoms with Gasteiger partial charge < -0.3 is 30.0 Å². The van der Waals surface area contributed by atoms with Gasteiger partial charge in [0.15, 0.2) is 0 Å². The molecule has 0 aliphatic carbocycles. The fraction of sp³-hybridized carbons (Fsp3) is 0. The van der Waals surface area contributed by atoms with Crippen molar-refractivity contribution in [2.24, 2.45) is 0 Å². The van der Waals surface area contributed by atoms with E-state index in [1.807, 2.05) is 12.1 Å². The van der Waals surface area contributed by atoms with Gasteiger partial charge in [0.25, 0.3) is 0 Å². The minimum atomic E-state index is -1.37. The van der Waals surface area contributed by atoms with Crippen LogP contribution in [0.4, 0.5) is 0 Å². The number of benzene rings is 4. The van der Waals surface area contributed by atoms with Crippen LogP contribution in [0.1, 0.15) is 20.7 Å². The quantitative estimate of drug-likeness (QED) is 0.498. The van der Waals surface area contributed by atoms with Crippen molar-refractivity contribution in [1.29, 1.82) is 0 Å². The van der Waals surface area contributed by atoms with Gasteiger partial charge >= 0.3 is 16.8 Å². The van der Waals surface area contributed by atoms with Crippen LogP contribution in [0.15, 0.2) is 72.8 Å². The van der Waals surface area contributed by atoms with Crippen molar-refractivity contribution < 1.29 is 46.8 Å². The van der Waals surface area contributed by atoms with E-state index in [-0.39, 0.29) is 39.4 Å². The summed E-state index contributed by atoms with van der Waals surface area (Å²) in [6.45, 7) is 0. The Morgan fingerprint density at radius 2 is 0.862 bits per heavy atom. The van der Waals surface area contributed by atoms with E-state index < -0.39 is 11.9 Å². The number of aromatic hydroxyl groups is 2. The summed E-state index contributed by atoms with van der Waals surface area (Å²) < 4.78 is 0. The Kier molecular flexibility index (Phi) is 6.82. The molecule has 6 nitrogen and oxygen atoms in total. The molecule has 0 aliphatic heterocycles. The van der Waals surface area contributed by atoms with Crippen LogP contribution in [0.25, 0.3) is 21.5 Å². The van der Waals surface area contributed by atoms with Crippen molar-refractivity contribution in [2.75, 3.05) is 0 Å². The average Bonchev–Trinajstić information content (AvgIpc) is 2.67. The van der Waals surface area contributed by atoms with Crippen LogP contribution in [0.2, 0.25) is 0 Å². The molecule has 0 saturated heterocycles. The summed E-state index contributed by atoms with van der Waals surface area (Å²) in [5.74, 6) is -3.26. The van der Waals surface area contributed by atoms with Crippen LogP contribution < -0.4 is 10.2 Å². The van der Waals surface area contributed by atoms with Gasteiger partial charge in [-0.3, -0.25) is 0 Å². The molecule has 1 radical (unpaired) electrons. The maximum Gasteiger partial charge on any atom is 2.00 e. The minimum absolute atomic E-state index is 0. The number of rotatable bonds is 2. The fourth-order valence-corrected chi connectivity index (χ4v) is 2.78. The monoisotopic (exact) mass is 433 g/mol. The van der Waals surface area contributed by atoms with Gasteiger partial charge in [-0.1, -0.05) is 48.5 Å². The maximum absolute atomic E-state index is 10.6. The summed E-state index contributed by atoms with van der Waals surface area (Å²) in [4.78, 5) is 21.2. The molecule has 0 heterocycles. The molecule has 0 atom stereocenters. The molecule has 4 aromatic rings. The van der Waals surface area contributed by atoms with E-state index in [1.54, 1.807) is 36.4 Å². The van der Waals surface area contributed by atoms with Crippen molar-refractivity contribution in [3.05, 3.63) is 83.9 Å². The number of carbonyl (C=O) groups excluding carboxylic acids is 2. The molecule has 0 unspecified atom stereocenters. The molecule has 4 rings (SSSR count). The summed E-state index contributed by atoms with van der Waals surface area (Å²) >= 11 is 0. The van der Waals surface area contributed by atoms with E-state index in [1.165, 1.54) is 24.3 Å². The van der Waals surface area contributed by atoms with E-state index in [9.17, 15) is 30.0 Å². The number of hydrogen-bond donors (Lipinski definition) is 2. The Morgan fingerprint density at radius 1 is 0.586 bits per heavy atom. The van der Waals surface area contributed by atoms with Gasteiger partial charge in [-0.25, -0.2) is 0 Å². The van der Waals surface area contributed by atoms with E-state index in [2.05, 4.69) is 0 Å². The van der Waals surface area contributed by atoms with Crippen molar-refractivity contribution in [1.82, 2.24) is 0 Å². The Labute approximate surface area is 175 Å². The number of carbonyl (C=O) groups is 2. The Balaban J connectivity index is 0.000000200. The van der Waals surface area contributed by atoms with E-state index in [0.29, 0.717) is 0 Å². The van der Waals surface area contributed by atoms with Crippen LogP contribution in [-0.4, -0.2) is 22.2 Å². The Morgan fingerprint density at radius 3 is 1.14 bits per heavy atom. The standard InChI is InChI=1S/2C11H8O3.Co/c2*12-10-6-8-4-2-1-3-7(8)5-9(10)11(13)14;/h2*1-6,12H,(H,13,14);/q;;+2/p-2. The summed E-state index contributed by atoms with van der Waals surface area (Å²) in [7, 11) is 0. The van der Waals surface area contributed by atoms with Crippen LogP contribution in [-0.2, 0) is 16.8 Å². The maximum atomic E-state index is 10.6.